The van der Waals surface area contributed by atoms with Crippen molar-refractivity contribution >= 4 is 27.4 Å². The van der Waals surface area contributed by atoms with Gasteiger partial charge in [-0.3, -0.25) is 4.79 Å². The minimum atomic E-state index is -4.52. The van der Waals surface area contributed by atoms with Crippen LogP contribution in [0.1, 0.15) is 29.7 Å². The Morgan fingerprint density at radius 3 is 2.36 bits per heavy atom. The van der Waals surface area contributed by atoms with Gasteiger partial charge < -0.3 is 9.29 Å². The number of hydrogen-bond donors (Lipinski definition) is 0. The van der Waals surface area contributed by atoms with Crippen LogP contribution in [0.5, 0.6) is 5.75 Å². The molecule has 1 unspecified atom stereocenters. The molecule has 132 valence electrons. The minimum absolute atomic E-state index is 0. The van der Waals surface area contributed by atoms with Crippen LogP contribution in [-0.2, 0) is 21.3 Å². The third-order valence-corrected chi connectivity index (χ3v) is 5.36. The van der Waals surface area contributed by atoms with Gasteiger partial charge in [0.15, 0.2) is 0 Å². The van der Waals surface area contributed by atoms with Gasteiger partial charge in [-0.2, -0.15) is 0 Å². The first-order chi connectivity index (χ1) is 10.7. The van der Waals surface area contributed by atoms with E-state index in [4.69, 9.17) is 4.74 Å². The van der Waals surface area contributed by atoms with E-state index in [2.05, 4.69) is 0 Å². The summed E-state index contributed by atoms with van der Waals surface area (Å²) in [5.41, 5.74) is 0.256. The topological polar surface area (TPSA) is 83.5 Å². The van der Waals surface area contributed by atoms with Crippen LogP contribution < -0.4 is 34.3 Å². The largest absolute Gasteiger partial charge is 1.00 e. The van der Waals surface area contributed by atoms with Gasteiger partial charge in [-0.25, -0.2) is 8.42 Å². The molecule has 25 heavy (non-hydrogen) atoms. The molecule has 1 aromatic heterocycles. The second-order valence-corrected chi connectivity index (χ2v) is 8.14. The fraction of sp³-hybridized carbons (Fsp3) is 0.353. The van der Waals surface area contributed by atoms with Crippen molar-refractivity contribution < 1.29 is 52.1 Å². The number of ether oxygens (including phenoxy) is 1. The average molecular weight is 392 g/mol. The maximum atomic E-state index is 12.1. The van der Waals surface area contributed by atoms with Crippen LogP contribution in [0.15, 0.2) is 35.2 Å². The summed E-state index contributed by atoms with van der Waals surface area (Å²) in [4.78, 5) is 14.1. The van der Waals surface area contributed by atoms with E-state index >= 15 is 0 Å². The molecule has 0 aliphatic rings. The van der Waals surface area contributed by atoms with Crippen molar-refractivity contribution in [1.29, 1.82) is 0 Å². The van der Waals surface area contributed by atoms with Crippen LogP contribution in [0.4, 0.5) is 0 Å². The van der Waals surface area contributed by atoms with Crippen LogP contribution in [0.2, 0.25) is 0 Å². The fourth-order valence-electron chi connectivity index (χ4n) is 2.16. The van der Waals surface area contributed by atoms with E-state index in [9.17, 15) is 17.8 Å². The molecule has 5 nitrogen and oxygen atoms in total. The Kier molecular flexibility index (Phi) is 9.57. The number of hydrogen-bond acceptors (Lipinski definition) is 6. The van der Waals surface area contributed by atoms with E-state index in [1.807, 2.05) is 19.1 Å². The second kappa shape index (κ2) is 9.85. The Balaban J connectivity index is 0.00000288. The molecule has 1 atom stereocenters. The molecule has 0 bridgehead atoms. The van der Waals surface area contributed by atoms with Gasteiger partial charge in [0, 0.05) is 9.75 Å². The predicted octanol–water partition coefficient (Wildman–Crippen LogP) is 0.693. The van der Waals surface area contributed by atoms with Crippen molar-refractivity contribution in [1.82, 2.24) is 0 Å². The summed E-state index contributed by atoms with van der Waals surface area (Å²) in [7, 11) is -4.52. The molecule has 8 heteroatoms. The van der Waals surface area contributed by atoms with Crippen LogP contribution in [0, 0.1) is 19.8 Å². The standard InChI is InChI=1S/C16H18O5S2.CH4.Na/c1-10-8-13(5-7-15(10)23(18,19)20)21-16(17)11(2)9-14-6-4-12(3)22-14;;/h4-8,11H,9H2,1-3H3,(H,18,19,20);1H4;/q;;+1/p-1. The van der Waals surface area contributed by atoms with E-state index in [1.54, 1.807) is 18.3 Å². The zero-order valence-electron chi connectivity index (χ0n) is 14.0. The maximum absolute atomic E-state index is 12.1. The summed E-state index contributed by atoms with van der Waals surface area (Å²) in [6.45, 7) is 5.27. The number of esters is 1. The molecule has 0 N–H and O–H groups in total. The molecule has 1 heterocycles. The number of rotatable bonds is 5. The SMILES string of the molecule is C.Cc1ccc(CC(C)C(=O)Oc2ccc(S(=O)(=O)[O-])c(C)c2)s1.[Na+]. The summed E-state index contributed by atoms with van der Waals surface area (Å²) in [5, 5.41) is 0. The van der Waals surface area contributed by atoms with Gasteiger partial charge in [-0.15, -0.1) is 11.3 Å². The molecular formula is C17H21NaO5S2. The van der Waals surface area contributed by atoms with Gasteiger partial charge in [-0.1, -0.05) is 14.4 Å². The van der Waals surface area contributed by atoms with Crippen molar-refractivity contribution in [3.05, 3.63) is 45.6 Å². The first-order valence-corrected chi connectivity index (χ1v) is 9.23. The summed E-state index contributed by atoms with van der Waals surface area (Å²) < 4.78 is 38.4. The Labute approximate surface area is 175 Å². The minimum Gasteiger partial charge on any atom is -0.744 e. The Morgan fingerprint density at radius 2 is 1.88 bits per heavy atom. The first kappa shape index (κ1) is 24.3. The molecular weight excluding hydrogens is 371 g/mol. The average Bonchev–Trinajstić information content (AvgIpc) is 2.82. The number of thiophene rings is 1. The molecule has 0 aliphatic carbocycles. The first-order valence-electron chi connectivity index (χ1n) is 7.00. The van der Waals surface area contributed by atoms with E-state index in [1.165, 1.54) is 23.9 Å². The van der Waals surface area contributed by atoms with Crippen LogP contribution in [-0.4, -0.2) is 18.9 Å². The van der Waals surface area contributed by atoms with Crippen molar-refractivity contribution in [3.63, 3.8) is 0 Å². The molecule has 0 spiro atoms. The number of benzene rings is 1. The van der Waals surface area contributed by atoms with Crippen molar-refractivity contribution in [2.45, 2.75) is 39.5 Å². The molecule has 2 aromatic rings. The Morgan fingerprint density at radius 1 is 1.24 bits per heavy atom. The van der Waals surface area contributed by atoms with Gasteiger partial charge in [0.05, 0.1) is 10.8 Å². The normalized spacial score (nSPS) is 11.8. The molecule has 1 aromatic carbocycles. The van der Waals surface area contributed by atoms with Crippen molar-refractivity contribution in [3.8, 4) is 5.75 Å². The van der Waals surface area contributed by atoms with Gasteiger partial charge >= 0.3 is 35.5 Å². The zero-order valence-corrected chi connectivity index (χ0v) is 17.7. The van der Waals surface area contributed by atoms with Crippen molar-refractivity contribution in [2.75, 3.05) is 0 Å². The third-order valence-electron chi connectivity index (χ3n) is 3.34. The third kappa shape index (κ3) is 6.84. The number of carbonyl (C=O) groups is 1. The molecule has 0 radical (unpaired) electrons. The molecule has 0 saturated heterocycles. The summed E-state index contributed by atoms with van der Waals surface area (Å²) in [6.07, 6.45) is 0.587. The molecule has 2 rings (SSSR count). The summed E-state index contributed by atoms with van der Waals surface area (Å²) in [5.74, 6) is -0.487. The van der Waals surface area contributed by atoms with Gasteiger partial charge in [0.2, 0.25) is 0 Å². The van der Waals surface area contributed by atoms with E-state index < -0.39 is 16.1 Å². The van der Waals surface area contributed by atoms with Gasteiger partial charge in [-0.05, 0) is 56.2 Å². The Hall–Kier alpha value is -0.700. The number of carbonyl (C=O) groups excluding carboxylic acids is 1. The molecule has 0 aliphatic heterocycles. The van der Waals surface area contributed by atoms with E-state index in [-0.39, 0.29) is 59.1 Å². The smallest absolute Gasteiger partial charge is 0.744 e. The van der Waals surface area contributed by atoms with Crippen LogP contribution in [0.25, 0.3) is 0 Å². The number of aryl methyl sites for hydroxylation is 2. The molecule has 0 amide bonds. The second-order valence-electron chi connectivity index (χ2n) is 5.42. The Bertz CT molecular complexity index is 827. The van der Waals surface area contributed by atoms with Crippen molar-refractivity contribution in [2.24, 2.45) is 5.92 Å². The summed E-state index contributed by atoms with van der Waals surface area (Å²) >= 11 is 1.64. The van der Waals surface area contributed by atoms with Gasteiger partial charge in [0.1, 0.15) is 15.9 Å². The quantitative estimate of drug-likeness (QED) is 0.324. The maximum Gasteiger partial charge on any atom is 1.00 e. The molecule has 0 saturated carbocycles. The molecule has 0 fully saturated rings. The van der Waals surface area contributed by atoms with E-state index in [0.29, 0.717) is 6.42 Å². The van der Waals surface area contributed by atoms with Crippen LogP contribution in [0.3, 0.4) is 0 Å². The fourth-order valence-corrected chi connectivity index (χ4v) is 3.87. The summed E-state index contributed by atoms with van der Waals surface area (Å²) in [6, 6.07) is 7.85. The van der Waals surface area contributed by atoms with E-state index in [0.717, 1.165) is 10.9 Å². The van der Waals surface area contributed by atoms with Crippen LogP contribution >= 0.6 is 11.3 Å². The monoisotopic (exact) mass is 392 g/mol. The predicted molar refractivity (Wildman–Crippen MR) is 93.4 cm³/mol. The zero-order chi connectivity index (χ0) is 17.2. The van der Waals surface area contributed by atoms with Gasteiger partial charge in [0.25, 0.3) is 0 Å².